The first-order chi connectivity index (χ1) is 19.3. The quantitative estimate of drug-likeness (QED) is 0.240. The van der Waals surface area contributed by atoms with Gasteiger partial charge < -0.3 is 24.8 Å². The second-order valence-corrected chi connectivity index (χ2v) is 10.4. The predicted molar refractivity (Wildman–Crippen MR) is 159 cm³/mol. The van der Waals surface area contributed by atoms with Crippen LogP contribution in [-0.4, -0.2) is 39.1 Å². The average Bonchev–Trinajstić information content (AvgIpc) is 3.43. The van der Waals surface area contributed by atoms with Crippen molar-refractivity contribution in [3.63, 3.8) is 0 Å². The van der Waals surface area contributed by atoms with E-state index >= 15 is 0 Å². The number of carbonyl (C=O) groups excluding carboxylic acids is 1. The Morgan fingerprint density at radius 1 is 1.15 bits per heavy atom. The Morgan fingerprint density at radius 2 is 1.93 bits per heavy atom. The number of nitrogens with one attached hydrogen (secondary N) is 2. The number of halogens is 2. The first-order valence-electron chi connectivity index (χ1n) is 12.8. The summed E-state index contributed by atoms with van der Waals surface area (Å²) in [6, 6.07) is 18.7. The molecule has 0 aliphatic carbocycles. The van der Waals surface area contributed by atoms with Gasteiger partial charge in [-0.1, -0.05) is 17.7 Å². The minimum absolute atomic E-state index is 0.186. The second-order valence-electron chi connectivity index (χ2n) is 9.60. The molecule has 206 valence electrons. The average molecular weight is 578 g/mol. The van der Waals surface area contributed by atoms with Crippen molar-refractivity contribution >= 4 is 40.5 Å². The van der Waals surface area contributed by atoms with E-state index in [0.29, 0.717) is 28.1 Å². The lowest BCUT2D eigenvalue weighted by atomic mass is 9.96. The third-order valence-electron chi connectivity index (χ3n) is 7.08. The normalized spacial score (nSPS) is 16.6. The summed E-state index contributed by atoms with van der Waals surface area (Å²) < 4.78 is 21.0. The van der Waals surface area contributed by atoms with Crippen LogP contribution in [0.1, 0.15) is 41.1 Å². The van der Waals surface area contributed by atoms with Crippen LogP contribution < -0.4 is 15.4 Å². The maximum Gasteiger partial charge on any atom is 0.226 e. The number of nitrogens with zero attached hydrogens (tertiary/aromatic N) is 3. The number of aryl methyl sites for hydroxylation is 1. The summed E-state index contributed by atoms with van der Waals surface area (Å²) >= 11 is 12.2. The van der Waals surface area contributed by atoms with Crippen molar-refractivity contribution in [1.82, 2.24) is 19.8 Å². The zero-order chi connectivity index (χ0) is 28.4. The minimum Gasteiger partial charge on any atom is -0.495 e. The summed E-state index contributed by atoms with van der Waals surface area (Å²) in [5.41, 5.74) is 5.26. The molecule has 1 aliphatic heterocycles. The predicted octanol–water partition coefficient (Wildman–Crippen LogP) is 6.29. The molecule has 3 heterocycles. The number of methoxy groups -OCH3 is 1. The maximum absolute atomic E-state index is 13.3. The molecule has 0 bridgehead atoms. The lowest BCUT2D eigenvalue weighted by Crippen LogP contribution is -2.32. The molecule has 5 rings (SSSR count). The van der Waals surface area contributed by atoms with Gasteiger partial charge >= 0.3 is 0 Å². The summed E-state index contributed by atoms with van der Waals surface area (Å²) in [5, 5.41) is 7.42. The van der Waals surface area contributed by atoms with E-state index in [2.05, 4.69) is 33.2 Å². The van der Waals surface area contributed by atoms with E-state index in [0.717, 1.165) is 28.3 Å². The molecule has 2 N–H and O–H groups in total. The number of hydrogen-bond acceptors (Lipinski definition) is 4. The molecule has 10 heteroatoms. The molecule has 1 fully saturated rings. The van der Waals surface area contributed by atoms with E-state index in [1.54, 1.807) is 19.4 Å². The molecule has 4 aromatic rings. The van der Waals surface area contributed by atoms with Crippen molar-refractivity contribution < 1.29 is 13.9 Å². The highest BCUT2D eigenvalue weighted by atomic mass is 35.5. The smallest absolute Gasteiger partial charge is 0.226 e. The van der Waals surface area contributed by atoms with Gasteiger partial charge in [0.1, 0.15) is 11.6 Å². The second kappa shape index (κ2) is 11.7. The van der Waals surface area contributed by atoms with E-state index < -0.39 is 0 Å². The standard InChI is InChI=1S/C30H29ClFN5O2S/c1-18-16-23(19(2)37(18)25-17-20(31)7-12-26(25)39-3)29-28(24-6-4-5-14-33-24)35-30(40)36(29)15-13-27(38)34-22-10-8-21(32)9-11-22/h4-12,14,16-17,28-29H,13,15H2,1-3H3,(H,34,38)(H,35,40)/t28-,29-/m0/s1. The van der Waals surface area contributed by atoms with Gasteiger partial charge in [0.15, 0.2) is 5.11 Å². The summed E-state index contributed by atoms with van der Waals surface area (Å²) in [6.07, 6.45) is 1.95. The third kappa shape index (κ3) is 5.52. The summed E-state index contributed by atoms with van der Waals surface area (Å²) in [6.45, 7) is 4.46. The highest BCUT2D eigenvalue weighted by Gasteiger charge is 2.41. The molecular weight excluding hydrogens is 549 g/mol. The number of anilines is 1. The summed E-state index contributed by atoms with van der Waals surface area (Å²) in [7, 11) is 1.64. The van der Waals surface area contributed by atoms with Crippen molar-refractivity contribution in [2.24, 2.45) is 0 Å². The molecule has 2 aromatic heterocycles. The number of benzene rings is 2. The lowest BCUT2D eigenvalue weighted by Gasteiger charge is -2.28. The van der Waals surface area contributed by atoms with Gasteiger partial charge in [-0.25, -0.2) is 4.39 Å². The number of thiocarbonyl (C=S) groups is 1. The molecule has 7 nitrogen and oxygen atoms in total. The molecule has 2 atom stereocenters. The first kappa shape index (κ1) is 27.6. The third-order valence-corrected chi connectivity index (χ3v) is 7.66. The Labute approximate surface area is 242 Å². The number of amides is 1. The van der Waals surface area contributed by atoms with E-state index in [1.165, 1.54) is 24.3 Å². The molecule has 1 aliphatic rings. The Morgan fingerprint density at radius 3 is 2.62 bits per heavy atom. The zero-order valence-electron chi connectivity index (χ0n) is 22.3. The van der Waals surface area contributed by atoms with E-state index in [1.807, 2.05) is 42.2 Å². The van der Waals surface area contributed by atoms with Gasteiger partial charge in [0.05, 0.1) is 30.6 Å². The fourth-order valence-electron chi connectivity index (χ4n) is 5.26. The Kier molecular flexibility index (Phi) is 8.04. The highest BCUT2D eigenvalue weighted by molar-refractivity contribution is 7.80. The van der Waals surface area contributed by atoms with Gasteiger partial charge in [0.2, 0.25) is 5.91 Å². The fourth-order valence-corrected chi connectivity index (χ4v) is 5.76. The van der Waals surface area contributed by atoms with Gasteiger partial charge in [0, 0.05) is 41.3 Å². The van der Waals surface area contributed by atoms with Crippen molar-refractivity contribution in [3.05, 3.63) is 106 Å². The van der Waals surface area contributed by atoms with Crippen LogP contribution >= 0.6 is 23.8 Å². The van der Waals surface area contributed by atoms with Crippen molar-refractivity contribution in [3.8, 4) is 11.4 Å². The molecule has 0 unspecified atom stereocenters. The number of hydrogen-bond donors (Lipinski definition) is 2. The number of aromatic nitrogens is 2. The lowest BCUT2D eigenvalue weighted by molar-refractivity contribution is -0.116. The summed E-state index contributed by atoms with van der Waals surface area (Å²) in [5.74, 6) is 0.153. The minimum atomic E-state index is -0.358. The molecule has 2 aromatic carbocycles. The van der Waals surface area contributed by atoms with Crippen LogP contribution in [0, 0.1) is 19.7 Å². The fraction of sp³-hybridized carbons (Fsp3) is 0.233. The molecular formula is C30H29ClFN5O2S. The zero-order valence-corrected chi connectivity index (χ0v) is 23.9. The molecule has 0 spiro atoms. The van der Waals surface area contributed by atoms with Gasteiger partial charge in [-0.3, -0.25) is 9.78 Å². The Bertz CT molecular complexity index is 1540. The SMILES string of the molecule is COc1ccc(Cl)cc1-n1c(C)cc([C@H]2[C@H](c3ccccn3)NC(=S)N2CCC(=O)Nc2ccc(F)cc2)c1C. The van der Waals surface area contributed by atoms with Crippen LogP contribution in [0.2, 0.25) is 5.02 Å². The molecule has 40 heavy (non-hydrogen) atoms. The number of pyridine rings is 1. The van der Waals surface area contributed by atoms with Crippen LogP contribution in [0.25, 0.3) is 5.69 Å². The van der Waals surface area contributed by atoms with Crippen LogP contribution in [0.3, 0.4) is 0 Å². The number of ether oxygens (including phenoxy) is 1. The number of carbonyl (C=O) groups is 1. The van der Waals surface area contributed by atoms with Gasteiger partial charge in [-0.15, -0.1) is 0 Å². The van der Waals surface area contributed by atoms with Gasteiger partial charge in [-0.2, -0.15) is 0 Å². The van der Waals surface area contributed by atoms with Crippen LogP contribution in [-0.2, 0) is 4.79 Å². The molecule has 1 saturated heterocycles. The maximum atomic E-state index is 13.3. The topological polar surface area (TPSA) is 71.4 Å². The Hall–Kier alpha value is -3.95. The van der Waals surface area contributed by atoms with Crippen molar-refractivity contribution in [1.29, 1.82) is 0 Å². The van der Waals surface area contributed by atoms with E-state index in [4.69, 9.17) is 28.6 Å². The highest BCUT2D eigenvalue weighted by Crippen LogP contribution is 2.42. The Balaban J connectivity index is 1.49. The number of rotatable bonds is 8. The molecule has 0 saturated carbocycles. The largest absolute Gasteiger partial charge is 0.495 e. The van der Waals surface area contributed by atoms with Gasteiger partial charge in [0.25, 0.3) is 0 Å². The van der Waals surface area contributed by atoms with Crippen LogP contribution in [0.15, 0.2) is 72.9 Å². The molecule has 0 radical (unpaired) electrons. The van der Waals surface area contributed by atoms with Gasteiger partial charge in [-0.05, 0) is 92.3 Å². The van der Waals surface area contributed by atoms with Crippen LogP contribution in [0.4, 0.5) is 10.1 Å². The molecule has 1 amide bonds. The van der Waals surface area contributed by atoms with E-state index in [9.17, 15) is 9.18 Å². The monoisotopic (exact) mass is 577 g/mol. The van der Waals surface area contributed by atoms with Crippen LogP contribution in [0.5, 0.6) is 5.75 Å². The first-order valence-corrected chi connectivity index (χ1v) is 13.6. The van der Waals surface area contributed by atoms with Crippen molar-refractivity contribution in [2.75, 3.05) is 19.0 Å². The summed E-state index contributed by atoms with van der Waals surface area (Å²) in [4.78, 5) is 19.5. The van der Waals surface area contributed by atoms with E-state index in [-0.39, 0.29) is 30.2 Å². The van der Waals surface area contributed by atoms with Crippen molar-refractivity contribution in [2.45, 2.75) is 32.4 Å².